The molecule has 11 heavy (non-hydrogen) atoms. The first kappa shape index (κ1) is 16.6. The van der Waals surface area contributed by atoms with Gasteiger partial charge in [-0.1, -0.05) is 41.5 Å². The molecule has 1 aromatic rings. The molecule has 0 aromatic carbocycles. The minimum Gasteiger partial charge on any atom is -0.198 e. The van der Waals surface area contributed by atoms with Gasteiger partial charge in [0, 0.05) is 0 Å². The normalized spacial score (nSPS) is 5.27. The van der Waals surface area contributed by atoms with Gasteiger partial charge in [-0.25, -0.2) is 0 Å². The molecule has 3 nitrogen and oxygen atoms in total. The Kier molecular flexibility index (Phi) is 53.4. The molecule has 1 rings (SSSR count). The van der Waals surface area contributed by atoms with Crippen LogP contribution in [0.4, 0.5) is 0 Å². The van der Waals surface area contributed by atoms with Crippen molar-refractivity contribution in [2.45, 2.75) is 41.5 Å². The van der Waals surface area contributed by atoms with Crippen LogP contribution in [0.15, 0.2) is 12.4 Å². The van der Waals surface area contributed by atoms with E-state index >= 15 is 0 Å². The Morgan fingerprint density at radius 3 is 1.09 bits per heavy atom. The van der Waals surface area contributed by atoms with E-state index in [2.05, 4.69) is 15.4 Å². The number of H-pyrrole nitrogens is 1. The first-order chi connectivity index (χ1) is 5.50. The molecule has 0 aliphatic heterocycles. The second-order valence-electron chi connectivity index (χ2n) is 0.656. The molecule has 0 radical (unpaired) electrons. The fourth-order valence-electron chi connectivity index (χ4n) is 0.167. The summed E-state index contributed by atoms with van der Waals surface area (Å²) in [7, 11) is 0. The van der Waals surface area contributed by atoms with Crippen LogP contribution in [-0.2, 0) is 0 Å². The van der Waals surface area contributed by atoms with Gasteiger partial charge in [0.1, 0.15) is 0 Å². The van der Waals surface area contributed by atoms with E-state index in [1.165, 1.54) is 0 Å². The number of hydrogen-bond donors (Lipinski definition) is 1. The summed E-state index contributed by atoms with van der Waals surface area (Å²) in [5, 5.41) is 9.33. The molecule has 0 bridgehead atoms. The number of nitrogens with zero attached hydrogens (tertiary/aromatic N) is 2. The molecule has 3 heteroatoms. The quantitative estimate of drug-likeness (QED) is 0.632. The van der Waals surface area contributed by atoms with Gasteiger partial charge in [0.25, 0.3) is 0 Å². The van der Waals surface area contributed by atoms with Crippen molar-refractivity contribution in [1.29, 1.82) is 0 Å². The van der Waals surface area contributed by atoms with Crippen molar-refractivity contribution >= 4 is 0 Å². The molecule has 0 amide bonds. The lowest BCUT2D eigenvalue weighted by molar-refractivity contribution is 0.940. The van der Waals surface area contributed by atoms with Gasteiger partial charge in [-0.15, -0.1) is 0 Å². The number of nitrogens with one attached hydrogen (secondary N) is 1. The molecule has 1 heterocycles. The summed E-state index contributed by atoms with van der Waals surface area (Å²) in [6.45, 7) is 12.0. The molecule has 0 saturated heterocycles. The summed E-state index contributed by atoms with van der Waals surface area (Å²) in [6, 6.07) is 0. The highest BCUT2D eigenvalue weighted by atomic mass is 15.3. The molecular weight excluding hydrogens is 138 g/mol. The maximum atomic E-state index is 3.49. The highest BCUT2D eigenvalue weighted by molar-refractivity contribution is 4.54. The van der Waals surface area contributed by atoms with Crippen molar-refractivity contribution in [3.05, 3.63) is 12.4 Å². The van der Waals surface area contributed by atoms with E-state index in [4.69, 9.17) is 0 Å². The van der Waals surface area contributed by atoms with E-state index in [1.807, 2.05) is 41.5 Å². The van der Waals surface area contributed by atoms with E-state index in [1.54, 1.807) is 12.4 Å². The Labute approximate surface area is 70.2 Å². The molecule has 1 aromatic heterocycles. The molecule has 1 N–H and O–H groups in total. The van der Waals surface area contributed by atoms with Crippen LogP contribution < -0.4 is 0 Å². The van der Waals surface area contributed by atoms with Crippen molar-refractivity contribution < 1.29 is 0 Å². The summed E-state index contributed by atoms with van der Waals surface area (Å²) >= 11 is 0. The van der Waals surface area contributed by atoms with Gasteiger partial charge in [0.05, 0.1) is 12.4 Å². The lowest BCUT2D eigenvalue weighted by atomic mass is 11.0. The predicted molar refractivity (Wildman–Crippen MR) is 50.4 cm³/mol. The summed E-state index contributed by atoms with van der Waals surface area (Å²) < 4.78 is 0. The average molecular weight is 159 g/mol. The molecule has 0 spiro atoms. The van der Waals surface area contributed by atoms with Crippen molar-refractivity contribution in [3.63, 3.8) is 0 Å². The standard InChI is InChI=1S/C2H3N3.3C2H6/c1-2-4-5-3-1;3*1-2/h1-2H,(H,3,4,5);3*1-2H3. The zero-order valence-electron chi connectivity index (χ0n) is 8.55. The Morgan fingerprint density at radius 1 is 0.727 bits per heavy atom. The van der Waals surface area contributed by atoms with Gasteiger partial charge in [0.2, 0.25) is 0 Å². The monoisotopic (exact) mass is 159 g/mol. The van der Waals surface area contributed by atoms with Crippen molar-refractivity contribution in [2.75, 3.05) is 0 Å². The zero-order valence-corrected chi connectivity index (χ0v) is 8.55. The van der Waals surface area contributed by atoms with Crippen LogP contribution in [0.25, 0.3) is 0 Å². The van der Waals surface area contributed by atoms with Crippen LogP contribution >= 0.6 is 0 Å². The third-order valence-electron chi connectivity index (χ3n) is 0.331. The minimum atomic E-state index is 1.58. The Hall–Kier alpha value is -0.860. The maximum Gasteiger partial charge on any atom is 0.0690 e. The van der Waals surface area contributed by atoms with E-state index < -0.39 is 0 Å². The largest absolute Gasteiger partial charge is 0.198 e. The summed E-state index contributed by atoms with van der Waals surface area (Å²) in [4.78, 5) is 0. The highest BCUT2D eigenvalue weighted by Crippen LogP contribution is 1.55. The molecule has 0 aliphatic rings. The van der Waals surface area contributed by atoms with Crippen molar-refractivity contribution in [2.24, 2.45) is 0 Å². The molecule has 0 atom stereocenters. The summed E-state index contributed by atoms with van der Waals surface area (Å²) in [6.07, 6.45) is 3.17. The summed E-state index contributed by atoms with van der Waals surface area (Å²) in [5.41, 5.74) is 0. The predicted octanol–water partition coefficient (Wildman–Crippen LogP) is 2.88. The van der Waals surface area contributed by atoms with E-state index in [0.29, 0.717) is 0 Å². The van der Waals surface area contributed by atoms with Gasteiger partial charge in [0.15, 0.2) is 0 Å². The van der Waals surface area contributed by atoms with Crippen molar-refractivity contribution in [1.82, 2.24) is 15.4 Å². The van der Waals surface area contributed by atoms with E-state index in [9.17, 15) is 0 Å². The SMILES string of the molecule is CC.CC.CC.c1cn[nH]n1. The van der Waals surface area contributed by atoms with E-state index in [-0.39, 0.29) is 0 Å². The summed E-state index contributed by atoms with van der Waals surface area (Å²) in [5.74, 6) is 0. The van der Waals surface area contributed by atoms with Crippen LogP contribution in [0.5, 0.6) is 0 Å². The first-order valence-electron chi connectivity index (χ1n) is 4.30. The smallest absolute Gasteiger partial charge is 0.0690 e. The third-order valence-corrected chi connectivity index (χ3v) is 0.331. The number of aromatic nitrogens is 3. The fourth-order valence-corrected chi connectivity index (χ4v) is 0.167. The van der Waals surface area contributed by atoms with Gasteiger partial charge in [-0.2, -0.15) is 15.4 Å². The molecular formula is C8H21N3. The lowest BCUT2D eigenvalue weighted by Crippen LogP contribution is -1.61. The van der Waals surface area contributed by atoms with Crippen LogP contribution in [0.3, 0.4) is 0 Å². The second kappa shape index (κ2) is 35.3. The topological polar surface area (TPSA) is 41.6 Å². The lowest BCUT2D eigenvalue weighted by Gasteiger charge is -1.48. The van der Waals surface area contributed by atoms with Gasteiger partial charge in [-0.3, -0.25) is 0 Å². The molecule has 0 unspecified atom stereocenters. The van der Waals surface area contributed by atoms with Gasteiger partial charge >= 0.3 is 0 Å². The zero-order chi connectivity index (χ0) is 9.54. The molecule has 0 saturated carbocycles. The fraction of sp³-hybridized carbons (Fsp3) is 0.750. The average Bonchev–Trinajstić information content (AvgIpc) is 2.71. The number of hydrogen-bond acceptors (Lipinski definition) is 2. The third kappa shape index (κ3) is 27.2. The molecule has 0 fully saturated rings. The van der Waals surface area contributed by atoms with Gasteiger partial charge < -0.3 is 0 Å². The second-order valence-corrected chi connectivity index (χ2v) is 0.656. The molecule has 0 aliphatic carbocycles. The minimum absolute atomic E-state index is 1.58. The van der Waals surface area contributed by atoms with Gasteiger partial charge in [-0.05, 0) is 0 Å². The maximum absolute atomic E-state index is 3.49. The van der Waals surface area contributed by atoms with Crippen LogP contribution in [0.1, 0.15) is 41.5 Å². The highest BCUT2D eigenvalue weighted by Gasteiger charge is 1.57. The van der Waals surface area contributed by atoms with E-state index in [0.717, 1.165) is 0 Å². The number of aromatic amines is 1. The van der Waals surface area contributed by atoms with Crippen LogP contribution in [0.2, 0.25) is 0 Å². The van der Waals surface area contributed by atoms with Crippen LogP contribution in [0, 0.1) is 0 Å². The first-order valence-corrected chi connectivity index (χ1v) is 4.30. The Morgan fingerprint density at radius 2 is 1.00 bits per heavy atom. The number of rotatable bonds is 0. The Bertz CT molecular complexity index is 65.8. The van der Waals surface area contributed by atoms with Crippen LogP contribution in [-0.4, -0.2) is 15.4 Å². The van der Waals surface area contributed by atoms with Crippen molar-refractivity contribution in [3.8, 4) is 0 Å². The molecule has 68 valence electrons. The Balaban J connectivity index is -0.0000000933.